The number of hydrogen-bond donors (Lipinski definition) is 4. The van der Waals surface area contributed by atoms with Gasteiger partial charge in [0.1, 0.15) is 5.82 Å². The second-order valence-corrected chi connectivity index (χ2v) is 7.08. The van der Waals surface area contributed by atoms with E-state index in [1.807, 2.05) is 4.90 Å². The Morgan fingerprint density at radius 3 is 2.60 bits per heavy atom. The highest BCUT2D eigenvalue weighted by molar-refractivity contribution is 5.94. The molecule has 4 rings (SSSR count). The molecule has 0 atom stereocenters. The third-order valence-corrected chi connectivity index (χ3v) is 5.08. The number of carbonyl (C=O) groups excluding carboxylic acids is 1. The summed E-state index contributed by atoms with van der Waals surface area (Å²) in [6.07, 6.45) is 1.48. The fourth-order valence-electron chi connectivity index (χ4n) is 3.41. The Kier molecular flexibility index (Phi) is 5.49. The van der Waals surface area contributed by atoms with Crippen molar-refractivity contribution >= 4 is 28.2 Å². The van der Waals surface area contributed by atoms with E-state index >= 15 is 0 Å². The zero-order valence-corrected chi connectivity index (χ0v) is 16.2. The minimum absolute atomic E-state index is 0.00262. The summed E-state index contributed by atoms with van der Waals surface area (Å²) < 4.78 is 14.0. The van der Waals surface area contributed by atoms with Gasteiger partial charge in [-0.05, 0) is 42.5 Å². The Morgan fingerprint density at radius 1 is 1.13 bits per heavy atom. The number of fused-ring (bicyclic) bond motifs is 1. The van der Waals surface area contributed by atoms with Gasteiger partial charge >= 0.3 is 0 Å². The molecule has 1 aromatic heterocycles. The van der Waals surface area contributed by atoms with Gasteiger partial charge < -0.3 is 26.3 Å². The van der Waals surface area contributed by atoms with Crippen LogP contribution in [-0.2, 0) is 0 Å². The highest BCUT2D eigenvalue weighted by Crippen LogP contribution is 2.18. The lowest BCUT2D eigenvalue weighted by Gasteiger charge is -2.27. The first-order valence-electron chi connectivity index (χ1n) is 9.67. The van der Waals surface area contributed by atoms with E-state index in [1.165, 1.54) is 24.4 Å². The molecule has 1 amide bonds. The summed E-state index contributed by atoms with van der Waals surface area (Å²) in [6, 6.07) is 12.9. The van der Waals surface area contributed by atoms with Gasteiger partial charge in [-0.1, -0.05) is 6.07 Å². The zero-order chi connectivity index (χ0) is 21.1. The number of pyridine rings is 1. The first kappa shape index (κ1) is 19.7. The molecule has 1 aliphatic rings. The summed E-state index contributed by atoms with van der Waals surface area (Å²) in [7, 11) is 0. The molecular formula is C22H22FN5O2. The lowest BCUT2D eigenvalue weighted by molar-refractivity contribution is 0.0736. The first-order valence-corrected chi connectivity index (χ1v) is 9.67. The molecule has 0 unspecified atom stereocenters. The van der Waals surface area contributed by atoms with E-state index in [9.17, 15) is 14.0 Å². The predicted molar refractivity (Wildman–Crippen MR) is 116 cm³/mol. The molecule has 2 heterocycles. The van der Waals surface area contributed by atoms with Gasteiger partial charge in [0.2, 0.25) is 0 Å². The van der Waals surface area contributed by atoms with Crippen LogP contribution in [0.5, 0.6) is 0 Å². The van der Waals surface area contributed by atoms with E-state index in [1.54, 1.807) is 30.3 Å². The van der Waals surface area contributed by atoms with Gasteiger partial charge in [-0.25, -0.2) is 4.39 Å². The van der Waals surface area contributed by atoms with Crippen LogP contribution < -0.4 is 21.9 Å². The molecular weight excluding hydrogens is 385 g/mol. The second-order valence-electron chi connectivity index (χ2n) is 7.08. The monoisotopic (exact) mass is 407 g/mol. The number of anilines is 1. The van der Waals surface area contributed by atoms with Crippen LogP contribution in [0.15, 0.2) is 59.5 Å². The summed E-state index contributed by atoms with van der Waals surface area (Å²) in [5, 5.41) is 6.52. The van der Waals surface area contributed by atoms with Gasteiger partial charge in [-0.15, -0.1) is 0 Å². The summed E-state index contributed by atoms with van der Waals surface area (Å²) in [5.74, 6) is -0.432. The first-order chi connectivity index (χ1) is 14.5. The molecule has 7 nitrogen and oxygen atoms in total. The maximum atomic E-state index is 14.0. The standard InChI is InChI=1S/C22H22FN5O2/c23-18-2-1-3-20-16(18)12-17(21(29)27-20)19(24)13-26-15-6-4-14(5-7-15)22(30)28-10-8-25-9-11-28/h1-7,12-13,25-26H,8-11,24H2,(H,27,29)/b19-13-. The maximum Gasteiger partial charge on any atom is 0.257 e. The quantitative estimate of drug-likeness (QED) is 0.530. The molecule has 3 aromatic rings. The number of rotatable bonds is 4. The molecule has 30 heavy (non-hydrogen) atoms. The van der Waals surface area contributed by atoms with Crippen LogP contribution in [0.1, 0.15) is 15.9 Å². The molecule has 8 heteroatoms. The Hall–Kier alpha value is -3.65. The lowest BCUT2D eigenvalue weighted by atomic mass is 10.1. The van der Waals surface area contributed by atoms with Gasteiger partial charge in [0.15, 0.2) is 0 Å². The van der Waals surface area contributed by atoms with Crippen molar-refractivity contribution in [2.45, 2.75) is 0 Å². The molecule has 1 fully saturated rings. The van der Waals surface area contributed by atoms with Crippen molar-refractivity contribution in [3.63, 3.8) is 0 Å². The molecule has 0 saturated carbocycles. The van der Waals surface area contributed by atoms with Crippen molar-refractivity contribution < 1.29 is 9.18 Å². The molecule has 1 saturated heterocycles. The van der Waals surface area contributed by atoms with Crippen molar-refractivity contribution in [2.24, 2.45) is 5.73 Å². The Balaban J connectivity index is 1.50. The number of aromatic nitrogens is 1. The Morgan fingerprint density at radius 2 is 1.87 bits per heavy atom. The van der Waals surface area contributed by atoms with Gasteiger partial charge in [0, 0.05) is 49.0 Å². The van der Waals surface area contributed by atoms with Crippen molar-refractivity contribution in [3.8, 4) is 0 Å². The van der Waals surface area contributed by atoms with Gasteiger partial charge in [0.25, 0.3) is 11.5 Å². The molecule has 2 aromatic carbocycles. The number of halogens is 1. The van der Waals surface area contributed by atoms with Crippen LogP contribution in [0.3, 0.4) is 0 Å². The fraction of sp³-hybridized carbons (Fsp3) is 0.182. The second kappa shape index (κ2) is 8.38. The van der Waals surface area contributed by atoms with Crippen molar-refractivity contribution in [2.75, 3.05) is 31.5 Å². The lowest BCUT2D eigenvalue weighted by Crippen LogP contribution is -2.46. The number of nitrogens with two attached hydrogens (primary N) is 1. The zero-order valence-electron chi connectivity index (χ0n) is 16.2. The molecule has 0 aliphatic carbocycles. The number of nitrogens with zero attached hydrogens (tertiary/aromatic N) is 1. The van der Waals surface area contributed by atoms with Gasteiger partial charge in [0.05, 0.1) is 16.8 Å². The van der Waals surface area contributed by atoms with Crippen molar-refractivity contribution in [3.05, 3.63) is 82.0 Å². The molecule has 154 valence electrons. The van der Waals surface area contributed by atoms with E-state index < -0.39 is 11.4 Å². The number of carbonyl (C=O) groups is 1. The molecule has 1 aliphatic heterocycles. The maximum absolute atomic E-state index is 14.0. The number of H-pyrrole nitrogens is 1. The number of aromatic amines is 1. The minimum Gasteiger partial charge on any atom is -0.397 e. The minimum atomic E-state index is -0.435. The summed E-state index contributed by atoms with van der Waals surface area (Å²) >= 11 is 0. The van der Waals surface area contributed by atoms with Crippen molar-refractivity contribution in [1.29, 1.82) is 0 Å². The highest BCUT2D eigenvalue weighted by Gasteiger charge is 2.17. The predicted octanol–water partition coefficient (Wildman–Crippen LogP) is 2.08. The van der Waals surface area contributed by atoms with Crippen molar-refractivity contribution in [1.82, 2.24) is 15.2 Å². The number of hydrogen-bond acceptors (Lipinski definition) is 5. The summed E-state index contributed by atoms with van der Waals surface area (Å²) in [4.78, 5) is 29.3. The van der Waals surface area contributed by atoms with E-state index in [-0.39, 0.29) is 17.2 Å². The topological polar surface area (TPSA) is 103 Å². The number of amides is 1. The number of piperazine rings is 1. The third-order valence-electron chi connectivity index (χ3n) is 5.08. The Labute approximate surface area is 172 Å². The van der Waals surface area contributed by atoms with Crippen LogP contribution >= 0.6 is 0 Å². The van der Waals surface area contributed by atoms with E-state index in [0.717, 1.165) is 13.1 Å². The fourth-order valence-corrected chi connectivity index (χ4v) is 3.41. The van der Waals surface area contributed by atoms with Crippen LogP contribution in [0.2, 0.25) is 0 Å². The average Bonchev–Trinajstić information content (AvgIpc) is 2.78. The number of nitrogens with one attached hydrogen (secondary N) is 3. The SMILES string of the molecule is N/C(=C\Nc1ccc(C(=O)N2CCNCC2)cc1)c1cc2c(F)cccc2[nH]c1=O. The smallest absolute Gasteiger partial charge is 0.257 e. The molecule has 0 bridgehead atoms. The third kappa shape index (κ3) is 4.04. The average molecular weight is 407 g/mol. The molecule has 0 spiro atoms. The largest absolute Gasteiger partial charge is 0.397 e. The summed E-state index contributed by atoms with van der Waals surface area (Å²) in [5.41, 5.74) is 7.72. The molecule has 5 N–H and O–H groups in total. The number of benzene rings is 2. The highest BCUT2D eigenvalue weighted by atomic mass is 19.1. The van der Waals surface area contributed by atoms with Crippen LogP contribution in [0, 0.1) is 5.82 Å². The van der Waals surface area contributed by atoms with Gasteiger partial charge in [-0.3, -0.25) is 9.59 Å². The van der Waals surface area contributed by atoms with Crippen LogP contribution in [0.25, 0.3) is 16.6 Å². The normalized spacial score (nSPS) is 14.7. The molecule has 0 radical (unpaired) electrons. The van der Waals surface area contributed by atoms with E-state index in [0.29, 0.717) is 35.2 Å². The summed E-state index contributed by atoms with van der Waals surface area (Å²) in [6.45, 7) is 2.98. The van der Waals surface area contributed by atoms with Gasteiger partial charge in [-0.2, -0.15) is 0 Å². The van der Waals surface area contributed by atoms with Crippen LogP contribution in [-0.4, -0.2) is 42.0 Å². The van der Waals surface area contributed by atoms with E-state index in [4.69, 9.17) is 5.73 Å². The van der Waals surface area contributed by atoms with E-state index in [2.05, 4.69) is 15.6 Å². The Bertz CT molecular complexity index is 1160. The van der Waals surface area contributed by atoms with Crippen LogP contribution in [0.4, 0.5) is 10.1 Å².